The fourth-order valence-electron chi connectivity index (χ4n) is 28.2. The number of piperidine rings is 8. The van der Waals surface area contributed by atoms with E-state index in [-0.39, 0.29) is 137 Å². The van der Waals surface area contributed by atoms with Gasteiger partial charge in [0.05, 0.1) is 24.4 Å². The average Bonchev–Trinajstić information content (AvgIpc) is 0.809. The molecular weight excluding hydrogens is 1850 g/mol. The van der Waals surface area contributed by atoms with Crippen molar-refractivity contribution in [3.8, 4) is 0 Å². The Morgan fingerprint density at radius 1 is 0.277 bits per heavy atom. The number of amidine groups is 4. The van der Waals surface area contributed by atoms with E-state index >= 15 is 0 Å². The Bertz CT molecular complexity index is 4500. The zero-order valence-electron chi connectivity index (χ0n) is 103. The van der Waals surface area contributed by atoms with E-state index in [1.807, 2.05) is 5.28 Å². The quantitative estimate of drug-likeness (QED) is 0.0315. The number of hydrazone groups is 3. The summed E-state index contributed by atoms with van der Waals surface area (Å²) in [6.45, 7) is 93.0. The highest BCUT2D eigenvalue weighted by Gasteiger charge is 2.55. The highest BCUT2D eigenvalue weighted by atomic mass is 16.8. The molecule has 0 aromatic heterocycles. The zero-order chi connectivity index (χ0) is 110. The molecule has 12 aliphatic heterocycles. The monoisotopic (exact) mass is 2070 g/mol. The van der Waals surface area contributed by atoms with Crippen LogP contribution in [0.3, 0.4) is 0 Å². The SMILES string of the molecule is CCCCN(C1=CC(N(CCCN=C2C=C(N(CCCC)C3CC(C)(C)N(C)C(C)(C)C3)NN(OC3CC(C)(C)N(C)C(C)(C)C3)N2)CCN(CCCNC2=CC(N(CCCC)C3CC(C)(C)N(C)C(C)(C)C3)=NN(OC3CC(C)(C)N(C)C(C)(C)C3)N2)C2=NN(OC3CC(C)(C)N(C)C(C)(C)C3)NC(N(CCCC)C3CC(C)(C)N(C)C(C)(C)C3)=C2)=NN(OC2CC(C)(C)N(C)C(C)(C)C2)N1)C1CC(C)(C)N(C)C(C)(C)C1. The van der Waals surface area contributed by atoms with Crippen LogP contribution >= 0.6 is 0 Å². The van der Waals surface area contributed by atoms with Crippen molar-refractivity contribution in [1.29, 1.82) is 0 Å². The summed E-state index contributed by atoms with van der Waals surface area (Å²) in [6.07, 6.45) is 33.2. The number of nitrogens with one attached hydrogen (secondary N) is 6. The highest BCUT2D eigenvalue weighted by Crippen LogP contribution is 2.49. The van der Waals surface area contributed by atoms with Crippen LogP contribution in [0, 0.1) is 0 Å². The topological polar surface area (TPSA) is 217 Å². The van der Waals surface area contributed by atoms with Gasteiger partial charge in [-0.15, -0.1) is 15.3 Å². The molecule has 8 saturated heterocycles. The number of rotatable bonds is 39. The summed E-state index contributed by atoms with van der Waals surface area (Å²) in [6, 6.07) is 0.877. The van der Waals surface area contributed by atoms with Crippen LogP contribution in [0.2, 0.25) is 0 Å². The molecule has 12 heterocycles. The number of hydrazine groups is 5. The second-order valence-corrected chi connectivity index (χ2v) is 57.5. The Labute approximate surface area is 902 Å². The summed E-state index contributed by atoms with van der Waals surface area (Å²) in [5.41, 5.74) is 17.7. The van der Waals surface area contributed by atoms with Gasteiger partial charge in [0.15, 0.2) is 17.5 Å². The number of nitrogens with zero attached hydrogens (tertiary/aromatic N) is 22. The Morgan fingerprint density at radius 3 is 0.824 bits per heavy atom. The van der Waals surface area contributed by atoms with Crippen molar-refractivity contribution in [2.75, 3.05) is 122 Å². The molecule has 0 aliphatic carbocycles. The first kappa shape index (κ1) is 121. The van der Waals surface area contributed by atoms with Crippen LogP contribution in [0.15, 0.2) is 67.9 Å². The number of unbranched alkanes of at least 4 members (excludes halogenated alkanes) is 4. The fraction of sp³-hybridized carbons (Fsp3) is 0.897. The van der Waals surface area contributed by atoms with Crippen molar-refractivity contribution in [3.05, 3.63) is 47.6 Å². The van der Waals surface area contributed by atoms with Crippen LogP contribution in [-0.4, -0.2) is 372 Å². The van der Waals surface area contributed by atoms with Gasteiger partial charge in [0.25, 0.3) is 0 Å². The maximum Gasteiger partial charge on any atom is 0.157 e. The van der Waals surface area contributed by atoms with E-state index in [0.29, 0.717) is 45.7 Å². The van der Waals surface area contributed by atoms with Crippen LogP contribution in [0.25, 0.3) is 0 Å². The van der Waals surface area contributed by atoms with Gasteiger partial charge in [-0.3, -0.25) is 59.9 Å². The molecule has 0 bridgehead atoms. The van der Waals surface area contributed by atoms with Crippen LogP contribution in [0.1, 0.15) is 416 Å². The molecule has 8 fully saturated rings. The minimum Gasteiger partial charge on any atom is -0.370 e. The molecule has 0 aromatic rings. The molecule has 0 spiro atoms. The summed E-state index contributed by atoms with van der Waals surface area (Å²) in [5, 5.41) is 28.5. The maximum atomic E-state index is 7.59. The van der Waals surface area contributed by atoms with Crippen molar-refractivity contribution < 1.29 is 19.4 Å². The lowest BCUT2D eigenvalue weighted by atomic mass is 9.77. The minimum absolute atomic E-state index is 0.0458. The molecule has 32 heteroatoms. The first-order valence-corrected chi connectivity index (χ1v) is 58.3. The van der Waals surface area contributed by atoms with Gasteiger partial charge in [-0.25, -0.2) is 30.8 Å². The van der Waals surface area contributed by atoms with Gasteiger partial charge in [-0.1, -0.05) is 69.2 Å². The molecule has 850 valence electrons. The number of likely N-dealkylation sites (tertiary alicyclic amines) is 8. The van der Waals surface area contributed by atoms with E-state index in [0.717, 1.165) is 233 Å². The van der Waals surface area contributed by atoms with E-state index in [1.165, 1.54) is 0 Å². The minimum atomic E-state index is -0.162. The largest absolute Gasteiger partial charge is 0.370 e. The maximum absolute atomic E-state index is 7.59. The van der Waals surface area contributed by atoms with Crippen molar-refractivity contribution in [1.82, 2.24) is 122 Å². The van der Waals surface area contributed by atoms with Gasteiger partial charge in [0, 0.05) is 203 Å². The average molecular weight is 2070 g/mol. The van der Waals surface area contributed by atoms with Gasteiger partial charge < -0.3 is 34.7 Å². The molecular formula is C116H222N28O4. The normalized spacial score (nSPS) is 27.1. The standard InChI is InChI=1S/C116H222N28O4/c1-45-49-59-137(85-69-101(5,6)127(37)102(7,8)70-85)97-65-93(119-141(123-97)145-89-77-109(21,22)131(41)110(23,24)78-89)117-55-53-57-135(95-67-99(125-143(121-95)147-91-81-113(29,30)133(43)114(31,32)82-91)139(61-51-47-3)87-73-105(13,14)129(39)106(15,16)74-87)63-64-136(96-68-100(126-144(122-96)148-92-83-115(33,34)134(44)116(35,36)84-92)140(62-52-48-4)88-75-107(17,18)130(40)108(19,20)76-88)58-54-56-118-94-66-98(124-142(120-94)146-90-79-111(25,26)132(42)112(27,28)80-90)138(60-50-46-2)86-71-103(9,10)128(38)104(11,12)72-86/h65-68,85-92,117,119,124-126H,45-64,69-84H2,1-44H3,(H,118,120). The lowest BCUT2D eigenvalue weighted by Gasteiger charge is -2.56. The Morgan fingerprint density at radius 2 is 0.527 bits per heavy atom. The smallest absolute Gasteiger partial charge is 0.157 e. The Hall–Kier alpha value is -5.88. The molecule has 12 rings (SSSR count). The third-order valence-electron chi connectivity index (χ3n) is 39.0. The second-order valence-electron chi connectivity index (χ2n) is 57.5. The highest BCUT2D eigenvalue weighted by molar-refractivity contribution is 5.96. The molecule has 0 atom stereocenters. The lowest BCUT2D eigenvalue weighted by molar-refractivity contribution is -0.271. The van der Waals surface area contributed by atoms with Crippen molar-refractivity contribution in [2.24, 2.45) is 20.3 Å². The van der Waals surface area contributed by atoms with E-state index in [2.05, 4.69) is 431 Å². The van der Waals surface area contributed by atoms with Gasteiger partial charge in [0.1, 0.15) is 29.1 Å². The molecule has 32 nitrogen and oxygen atoms in total. The molecule has 0 unspecified atom stereocenters. The predicted molar refractivity (Wildman–Crippen MR) is 613 cm³/mol. The van der Waals surface area contributed by atoms with E-state index in [1.54, 1.807) is 15.8 Å². The van der Waals surface area contributed by atoms with Gasteiger partial charge in [-0.2, -0.15) is 0 Å². The number of hydrogen-bond acceptors (Lipinski definition) is 31. The lowest BCUT2D eigenvalue weighted by Crippen LogP contribution is -2.65. The van der Waals surface area contributed by atoms with Crippen molar-refractivity contribution in [2.45, 2.75) is 553 Å². The third-order valence-corrected chi connectivity index (χ3v) is 39.0. The van der Waals surface area contributed by atoms with Crippen molar-refractivity contribution in [3.63, 3.8) is 0 Å². The molecule has 0 radical (unpaired) electrons. The predicted octanol–water partition coefficient (Wildman–Crippen LogP) is 18.8. The molecule has 0 amide bonds. The second kappa shape index (κ2) is 45.7. The van der Waals surface area contributed by atoms with Crippen LogP contribution in [0.4, 0.5) is 0 Å². The summed E-state index contributed by atoms with van der Waals surface area (Å²) >= 11 is 0. The molecule has 0 aromatic carbocycles. The summed E-state index contributed by atoms with van der Waals surface area (Å²) in [4.78, 5) is 72.0. The molecule has 0 saturated carbocycles. The molecule has 12 aliphatic rings. The zero-order valence-corrected chi connectivity index (χ0v) is 103. The third kappa shape index (κ3) is 28.4. The van der Waals surface area contributed by atoms with Crippen molar-refractivity contribution >= 4 is 23.3 Å². The summed E-state index contributed by atoms with van der Waals surface area (Å²) in [7, 11) is 18.4. The van der Waals surface area contributed by atoms with Crippen LogP contribution in [-0.2, 0) is 19.4 Å². The first-order chi connectivity index (χ1) is 68.2. The van der Waals surface area contributed by atoms with Crippen LogP contribution < -0.4 is 32.4 Å². The summed E-state index contributed by atoms with van der Waals surface area (Å²) in [5.74, 6) is 7.21. The molecule has 6 N–H and O–H groups in total. The van der Waals surface area contributed by atoms with Gasteiger partial charge >= 0.3 is 0 Å². The van der Waals surface area contributed by atoms with Gasteiger partial charge in [0.2, 0.25) is 0 Å². The van der Waals surface area contributed by atoms with E-state index in [4.69, 9.17) is 39.6 Å². The van der Waals surface area contributed by atoms with Gasteiger partial charge in [-0.05, 0) is 424 Å². The Balaban J connectivity index is 1.01. The van der Waals surface area contributed by atoms with E-state index in [9.17, 15) is 0 Å². The van der Waals surface area contributed by atoms with Crippen LogP contribution in [0.5, 0.6) is 0 Å². The number of hydrogen-bond donors (Lipinski definition) is 6. The fourth-order valence-corrected chi connectivity index (χ4v) is 28.2. The molecule has 148 heavy (non-hydrogen) atoms. The first-order valence-electron chi connectivity index (χ1n) is 58.3. The van der Waals surface area contributed by atoms with E-state index < -0.39 is 0 Å². The Kier molecular flexibility index (Phi) is 37.3. The summed E-state index contributed by atoms with van der Waals surface area (Å²) < 4.78 is 0. The number of aliphatic imine (C=N–C) groups is 1.